The van der Waals surface area contributed by atoms with Gasteiger partial charge in [0.25, 0.3) is 5.91 Å². The van der Waals surface area contributed by atoms with Crippen LogP contribution in [0, 0.1) is 11.6 Å². The summed E-state index contributed by atoms with van der Waals surface area (Å²) in [6.07, 6.45) is 2.66. The van der Waals surface area contributed by atoms with Crippen LogP contribution < -0.4 is 10.9 Å². The summed E-state index contributed by atoms with van der Waals surface area (Å²) in [6, 6.07) is 9.64. The van der Waals surface area contributed by atoms with E-state index in [4.69, 9.17) is 0 Å². The molecule has 0 unspecified atom stereocenters. The first-order chi connectivity index (χ1) is 12.0. The Morgan fingerprint density at radius 2 is 1.84 bits per heavy atom. The third-order valence-electron chi connectivity index (χ3n) is 3.59. The minimum Gasteiger partial charge on any atom is -0.339 e. The Balaban J connectivity index is 1.98. The van der Waals surface area contributed by atoms with Gasteiger partial charge in [-0.15, -0.1) is 0 Å². The Morgan fingerprint density at radius 3 is 2.48 bits per heavy atom. The number of hydrogen-bond acceptors (Lipinski definition) is 3. The lowest BCUT2D eigenvalue weighted by Crippen LogP contribution is -2.31. The van der Waals surface area contributed by atoms with Crippen molar-refractivity contribution in [3.63, 3.8) is 0 Å². The highest BCUT2D eigenvalue weighted by Gasteiger charge is 2.22. The maximum atomic E-state index is 14.2. The van der Waals surface area contributed by atoms with E-state index in [1.54, 1.807) is 0 Å². The monoisotopic (exact) mass is 341 g/mol. The number of hydrogen-bond donors (Lipinski definition) is 2. The van der Waals surface area contributed by atoms with Gasteiger partial charge in [0.15, 0.2) is 0 Å². The van der Waals surface area contributed by atoms with E-state index in [1.165, 1.54) is 60.9 Å². The van der Waals surface area contributed by atoms with Crippen LogP contribution in [-0.4, -0.2) is 15.9 Å². The third kappa shape index (κ3) is 3.77. The van der Waals surface area contributed by atoms with Crippen LogP contribution in [0.4, 0.5) is 8.78 Å². The second kappa shape index (κ2) is 7.04. The highest BCUT2D eigenvalue weighted by Crippen LogP contribution is 2.23. The number of carbonyl (C=O) groups is 1. The zero-order valence-corrected chi connectivity index (χ0v) is 12.9. The lowest BCUT2D eigenvalue weighted by Gasteiger charge is -2.19. The van der Waals surface area contributed by atoms with Crippen molar-refractivity contribution < 1.29 is 13.6 Å². The molecule has 2 aromatic heterocycles. The molecule has 0 aliphatic carbocycles. The van der Waals surface area contributed by atoms with E-state index < -0.39 is 23.6 Å². The molecule has 0 radical (unpaired) electrons. The number of nitrogens with zero attached hydrogens (tertiary/aromatic N) is 1. The van der Waals surface area contributed by atoms with E-state index in [1.807, 2.05) is 0 Å². The molecule has 0 saturated heterocycles. The fraction of sp³-hybridized carbons (Fsp3) is 0.0556. The number of H-pyrrole nitrogens is 1. The quantitative estimate of drug-likeness (QED) is 0.766. The van der Waals surface area contributed by atoms with Crippen LogP contribution in [-0.2, 0) is 0 Å². The molecule has 1 atom stereocenters. The van der Waals surface area contributed by atoms with Crippen LogP contribution in [0.2, 0.25) is 0 Å². The van der Waals surface area contributed by atoms with Gasteiger partial charge in [-0.3, -0.25) is 14.6 Å². The third-order valence-corrected chi connectivity index (χ3v) is 3.59. The van der Waals surface area contributed by atoms with Gasteiger partial charge < -0.3 is 10.3 Å². The van der Waals surface area contributed by atoms with Crippen LogP contribution in [0.1, 0.15) is 27.7 Å². The van der Waals surface area contributed by atoms with Crippen molar-refractivity contribution >= 4 is 5.91 Å². The van der Waals surface area contributed by atoms with E-state index in [2.05, 4.69) is 15.3 Å². The summed E-state index contributed by atoms with van der Waals surface area (Å²) >= 11 is 0. The van der Waals surface area contributed by atoms with Crippen LogP contribution in [0.5, 0.6) is 0 Å². The van der Waals surface area contributed by atoms with Gasteiger partial charge in [-0.2, -0.15) is 0 Å². The molecule has 2 heterocycles. The average molecular weight is 341 g/mol. The molecule has 0 saturated carbocycles. The number of aromatic nitrogens is 2. The highest BCUT2D eigenvalue weighted by atomic mass is 19.1. The molecule has 5 nitrogen and oxygen atoms in total. The SMILES string of the molecule is O=C(N[C@@H](c1ccc(F)cc1)c1ncccc1F)c1ccc(=O)[nH]c1. The number of halogens is 2. The van der Waals surface area contributed by atoms with E-state index in [9.17, 15) is 18.4 Å². The van der Waals surface area contributed by atoms with Gasteiger partial charge in [-0.25, -0.2) is 8.78 Å². The van der Waals surface area contributed by atoms with Crippen molar-refractivity contribution in [3.8, 4) is 0 Å². The van der Waals surface area contributed by atoms with Gasteiger partial charge in [0.2, 0.25) is 5.56 Å². The van der Waals surface area contributed by atoms with Gasteiger partial charge in [-0.05, 0) is 35.9 Å². The highest BCUT2D eigenvalue weighted by molar-refractivity contribution is 5.94. The molecule has 0 spiro atoms. The number of rotatable bonds is 4. The number of amides is 1. The zero-order chi connectivity index (χ0) is 17.8. The molecule has 25 heavy (non-hydrogen) atoms. The number of aromatic amines is 1. The summed E-state index contributed by atoms with van der Waals surface area (Å²) in [6.45, 7) is 0. The molecule has 1 aromatic carbocycles. The smallest absolute Gasteiger partial charge is 0.253 e. The maximum Gasteiger partial charge on any atom is 0.253 e. The number of benzene rings is 1. The first-order valence-electron chi connectivity index (χ1n) is 7.40. The van der Waals surface area contributed by atoms with E-state index in [0.717, 1.165) is 0 Å². The molecule has 3 rings (SSSR count). The lowest BCUT2D eigenvalue weighted by molar-refractivity contribution is 0.0941. The fourth-order valence-corrected chi connectivity index (χ4v) is 2.34. The predicted octanol–water partition coefficient (Wildman–Crippen LogP) is 2.57. The second-order valence-electron chi connectivity index (χ2n) is 5.27. The number of pyridine rings is 2. The number of nitrogens with one attached hydrogen (secondary N) is 2. The Bertz CT molecular complexity index is 935. The van der Waals surface area contributed by atoms with Crippen molar-refractivity contribution in [2.45, 2.75) is 6.04 Å². The van der Waals surface area contributed by atoms with Crippen molar-refractivity contribution in [1.29, 1.82) is 0 Å². The summed E-state index contributed by atoms with van der Waals surface area (Å²) < 4.78 is 27.4. The van der Waals surface area contributed by atoms with Crippen molar-refractivity contribution in [2.24, 2.45) is 0 Å². The Hall–Kier alpha value is -3.35. The molecule has 126 valence electrons. The minimum atomic E-state index is -0.916. The standard InChI is InChI=1S/C18H13F2N3O2/c19-13-6-3-11(4-7-13)16(17-14(20)2-1-9-21-17)23-18(25)12-5-8-15(24)22-10-12/h1-10,16H,(H,22,24)(H,23,25)/t16-/m0/s1. The largest absolute Gasteiger partial charge is 0.339 e. The maximum absolute atomic E-state index is 14.2. The Kier molecular flexibility index (Phi) is 4.65. The van der Waals surface area contributed by atoms with Crippen molar-refractivity contribution in [1.82, 2.24) is 15.3 Å². The molecule has 2 N–H and O–H groups in total. The molecule has 7 heteroatoms. The predicted molar refractivity (Wildman–Crippen MR) is 87.0 cm³/mol. The van der Waals surface area contributed by atoms with Crippen LogP contribution in [0.15, 0.2) is 65.7 Å². The van der Waals surface area contributed by atoms with E-state index >= 15 is 0 Å². The summed E-state index contributed by atoms with van der Waals surface area (Å²) in [5, 5.41) is 2.66. The molecule has 3 aromatic rings. The van der Waals surface area contributed by atoms with Gasteiger partial charge in [0.05, 0.1) is 11.6 Å². The minimum absolute atomic E-state index is 0.00637. The Labute approximate surface area is 141 Å². The van der Waals surface area contributed by atoms with Gasteiger partial charge >= 0.3 is 0 Å². The average Bonchev–Trinajstić information content (AvgIpc) is 2.62. The summed E-state index contributed by atoms with van der Waals surface area (Å²) in [7, 11) is 0. The van der Waals surface area contributed by atoms with Gasteiger partial charge in [0.1, 0.15) is 17.3 Å². The van der Waals surface area contributed by atoms with Gasteiger partial charge in [0, 0.05) is 18.5 Å². The first kappa shape index (κ1) is 16.5. The summed E-state index contributed by atoms with van der Waals surface area (Å²) in [5.41, 5.74) is 0.328. The van der Waals surface area contributed by atoms with E-state index in [0.29, 0.717) is 5.56 Å². The molecule has 1 amide bonds. The molecular weight excluding hydrogens is 328 g/mol. The Morgan fingerprint density at radius 1 is 1.08 bits per heavy atom. The van der Waals surface area contributed by atoms with E-state index in [-0.39, 0.29) is 16.8 Å². The topological polar surface area (TPSA) is 74.8 Å². The van der Waals surface area contributed by atoms with Crippen molar-refractivity contribution in [3.05, 3.63) is 99.7 Å². The fourth-order valence-electron chi connectivity index (χ4n) is 2.34. The van der Waals surface area contributed by atoms with Crippen LogP contribution in [0.25, 0.3) is 0 Å². The van der Waals surface area contributed by atoms with Crippen LogP contribution >= 0.6 is 0 Å². The molecule has 0 aliphatic heterocycles. The molecular formula is C18H13F2N3O2. The zero-order valence-electron chi connectivity index (χ0n) is 12.9. The molecule has 0 aliphatic rings. The number of carbonyl (C=O) groups excluding carboxylic acids is 1. The molecule has 0 bridgehead atoms. The normalized spacial score (nSPS) is 11.8. The summed E-state index contributed by atoms with van der Waals surface area (Å²) in [5.74, 6) is -1.58. The first-order valence-corrected chi connectivity index (χ1v) is 7.40. The molecule has 0 fully saturated rings. The van der Waals surface area contributed by atoms with Crippen LogP contribution in [0.3, 0.4) is 0 Å². The lowest BCUT2D eigenvalue weighted by atomic mass is 10.0. The summed E-state index contributed by atoms with van der Waals surface area (Å²) in [4.78, 5) is 29.9. The second-order valence-corrected chi connectivity index (χ2v) is 5.27. The van der Waals surface area contributed by atoms with Gasteiger partial charge in [-0.1, -0.05) is 12.1 Å². The van der Waals surface area contributed by atoms with Crippen molar-refractivity contribution in [2.75, 3.05) is 0 Å².